The van der Waals surface area contributed by atoms with Gasteiger partial charge in [0.25, 0.3) is 5.91 Å². The number of amides is 1. The molecule has 3 aromatic rings. The first-order valence-corrected chi connectivity index (χ1v) is 11.6. The summed E-state index contributed by atoms with van der Waals surface area (Å²) < 4.78 is 11.1. The minimum Gasteiger partial charge on any atom is -0.481 e. The van der Waals surface area contributed by atoms with Gasteiger partial charge in [-0.3, -0.25) is 4.79 Å². The molecule has 0 aliphatic heterocycles. The van der Waals surface area contributed by atoms with Gasteiger partial charge in [-0.15, -0.1) is 11.3 Å². The van der Waals surface area contributed by atoms with Gasteiger partial charge in [0, 0.05) is 21.0 Å². The molecule has 0 saturated carbocycles. The molecular formula is C24H23Cl2NO4S. The maximum Gasteiger partial charge on any atom is 0.341 e. The number of carbonyl (C=O) groups is 2. The molecule has 0 fully saturated rings. The Labute approximate surface area is 201 Å². The van der Waals surface area contributed by atoms with Crippen LogP contribution in [-0.2, 0) is 9.53 Å². The van der Waals surface area contributed by atoms with E-state index in [4.69, 9.17) is 32.7 Å². The Hall–Kier alpha value is -2.54. The number of thiophene rings is 1. The summed E-state index contributed by atoms with van der Waals surface area (Å²) in [4.78, 5) is 25.6. The lowest BCUT2D eigenvalue weighted by Crippen LogP contribution is -2.30. The van der Waals surface area contributed by atoms with Gasteiger partial charge in [0.2, 0.25) is 0 Å². The highest BCUT2D eigenvalue weighted by Gasteiger charge is 2.25. The topological polar surface area (TPSA) is 64.6 Å². The van der Waals surface area contributed by atoms with Gasteiger partial charge < -0.3 is 14.8 Å². The van der Waals surface area contributed by atoms with Crippen molar-refractivity contribution >= 4 is 51.4 Å². The number of halogens is 2. The Kier molecular flexibility index (Phi) is 7.82. The summed E-state index contributed by atoms with van der Waals surface area (Å²) in [5.41, 5.74) is 3.50. The lowest BCUT2D eigenvalue weighted by Gasteiger charge is -2.16. The molecule has 0 radical (unpaired) electrons. The minimum atomic E-state index is -0.800. The quantitative estimate of drug-likeness (QED) is 0.364. The van der Waals surface area contributed by atoms with Crippen LogP contribution in [0.4, 0.5) is 5.00 Å². The zero-order valence-corrected chi connectivity index (χ0v) is 20.5. The van der Waals surface area contributed by atoms with Crippen LogP contribution < -0.4 is 10.1 Å². The Balaban J connectivity index is 1.85. The summed E-state index contributed by atoms with van der Waals surface area (Å²) >= 11 is 13.4. The molecular weight excluding hydrogens is 469 g/mol. The van der Waals surface area contributed by atoms with E-state index in [-0.39, 0.29) is 12.5 Å². The van der Waals surface area contributed by atoms with Crippen molar-refractivity contribution in [1.82, 2.24) is 0 Å². The van der Waals surface area contributed by atoms with Crippen LogP contribution in [0, 0.1) is 13.8 Å². The first-order valence-electron chi connectivity index (χ1n) is 10.00. The highest BCUT2D eigenvalue weighted by Crippen LogP contribution is 2.37. The van der Waals surface area contributed by atoms with Crippen molar-refractivity contribution in [2.24, 2.45) is 0 Å². The number of anilines is 1. The van der Waals surface area contributed by atoms with Crippen LogP contribution in [0.15, 0.2) is 41.8 Å². The van der Waals surface area contributed by atoms with Crippen LogP contribution in [-0.4, -0.2) is 24.6 Å². The predicted octanol–water partition coefficient (Wildman–Crippen LogP) is 6.92. The molecule has 1 aromatic heterocycles. The standard InChI is InChI=1S/C24H23Cl2NO4S/c1-5-30-24(29)20-19(16-6-8-17(25)9-7-16)12-32-23(20)27-22(28)15(4)31-18-10-13(2)21(26)14(3)11-18/h6-12,15H,5H2,1-4H3,(H,27,28). The number of aryl methyl sites for hydroxylation is 2. The van der Waals surface area contributed by atoms with E-state index in [1.807, 2.05) is 31.4 Å². The van der Waals surface area contributed by atoms with Crippen LogP contribution in [0.3, 0.4) is 0 Å². The molecule has 0 aliphatic rings. The SMILES string of the molecule is CCOC(=O)c1c(-c2ccc(Cl)cc2)csc1NC(=O)C(C)Oc1cc(C)c(Cl)c(C)c1. The van der Waals surface area contributed by atoms with Gasteiger partial charge in [0.1, 0.15) is 16.3 Å². The fourth-order valence-corrected chi connectivity index (χ4v) is 4.34. The van der Waals surface area contributed by atoms with E-state index in [1.165, 1.54) is 11.3 Å². The second kappa shape index (κ2) is 10.4. The lowest BCUT2D eigenvalue weighted by atomic mass is 10.0. The normalized spacial score (nSPS) is 11.7. The predicted molar refractivity (Wildman–Crippen MR) is 130 cm³/mol. The summed E-state index contributed by atoms with van der Waals surface area (Å²) in [6.45, 7) is 7.35. The van der Waals surface area contributed by atoms with Gasteiger partial charge in [0.15, 0.2) is 6.10 Å². The maximum absolute atomic E-state index is 12.9. The Morgan fingerprint density at radius 1 is 1.09 bits per heavy atom. The van der Waals surface area contributed by atoms with Gasteiger partial charge in [-0.25, -0.2) is 4.79 Å². The first-order chi connectivity index (χ1) is 15.2. The van der Waals surface area contributed by atoms with Crippen LogP contribution in [0.2, 0.25) is 10.0 Å². The van der Waals surface area contributed by atoms with E-state index in [0.29, 0.717) is 31.9 Å². The molecule has 168 valence electrons. The van der Waals surface area contributed by atoms with Crippen molar-refractivity contribution < 1.29 is 19.1 Å². The first kappa shape index (κ1) is 24.1. The summed E-state index contributed by atoms with van der Waals surface area (Å²) in [6.07, 6.45) is -0.800. The van der Waals surface area contributed by atoms with Crippen LogP contribution >= 0.6 is 34.5 Å². The highest BCUT2D eigenvalue weighted by molar-refractivity contribution is 7.15. The third kappa shape index (κ3) is 5.44. The van der Waals surface area contributed by atoms with Crippen molar-refractivity contribution in [3.8, 4) is 16.9 Å². The molecule has 0 saturated heterocycles. The number of hydrogen-bond donors (Lipinski definition) is 1. The molecule has 0 spiro atoms. The number of rotatable bonds is 7. The van der Waals surface area contributed by atoms with E-state index >= 15 is 0 Å². The summed E-state index contributed by atoms with van der Waals surface area (Å²) in [5, 5.41) is 6.28. The van der Waals surface area contributed by atoms with Crippen LogP contribution in [0.1, 0.15) is 35.3 Å². The Morgan fingerprint density at radius 3 is 2.31 bits per heavy atom. The average Bonchev–Trinajstić information content (AvgIpc) is 3.16. The van der Waals surface area contributed by atoms with Crippen LogP contribution in [0.25, 0.3) is 11.1 Å². The van der Waals surface area contributed by atoms with Gasteiger partial charge in [-0.2, -0.15) is 0 Å². The van der Waals surface area contributed by atoms with Gasteiger partial charge >= 0.3 is 5.97 Å². The van der Waals surface area contributed by atoms with Crippen molar-refractivity contribution in [2.45, 2.75) is 33.8 Å². The Bertz CT molecular complexity index is 1120. The fraction of sp³-hybridized carbons (Fsp3) is 0.250. The van der Waals surface area contributed by atoms with Gasteiger partial charge in [0.05, 0.1) is 6.61 Å². The second-order valence-electron chi connectivity index (χ2n) is 7.20. The van der Waals surface area contributed by atoms with Gasteiger partial charge in [-0.1, -0.05) is 35.3 Å². The molecule has 1 heterocycles. The third-order valence-electron chi connectivity index (χ3n) is 4.75. The molecule has 32 heavy (non-hydrogen) atoms. The molecule has 1 unspecified atom stereocenters. The average molecular weight is 492 g/mol. The zero-order valence-electron chi connectivity index (χ0n) is 18.1. The molecule has 2 aromatic carbocycles. The summed E-state index contributed by atoms with van der Waals surface area (Å²) in [7, 11) is 0. The van der Waals surface area contributed by atoms with E-state index in [9.17, 15) is 9.59 Å². The van der Waals surface area contributed by atoms with E-state index < -0.39 is 12.1 Å². The minimum absolute atomic E-state index is 0.219. The number of carbonyl (C=O) groups excluding carboxylic acids is 2. The zero-order chi connectivity index (χ0) is 23.4. The van der Waals surface area contributed by atoms with Crippen molar-refractivity contribution in [1.29, 1.82) is 0 Å². The highest BCUT2D eigenvalue weighted by atomic mass is 35.5. The van der Waals surface area contributed by atoms with Crippen molar-refractivity contribution in [2.75, 3.05) is 11.9 Å². The third-order valence-corrected chi connectivity index (χ3v) is 6.50. The maximum atomic E-state index is 12.9. The van der Waals surface area contributed by atoms with Gasteiger partial charge in [-0.05, 0) is 68.7 Å². The number of nitrogens with one attached hydrogen (secondary N) is 1. The number of hydrogen-bond acceptors (Lipinski definition) is 5. The molecule has 1 N–H and O–H groups in total. The molecule has 5 nitrogen and oxygen atoms in total. The monoisotopic (exact) mass is 491 g/mol. The largest absolute Gasteiger partial charge is 0.481 e. The molecule has 1 amide bonds. The fourth-order valence-electron chi connectivity index (χ4n) is 3.14. The molecule has 1 atom stereocenters. The second-order valence-corrected chi connectivity index (χ2v) is 8.90. The smallest absolute Gasteiger partial charge is 0.341 e. The lowest BCUT2D eigenvalue weighted by molar-refractivity contribution is -0.122. The summed E-state index contributed by atoms with van der Waals surface area (Å²) in [6, 6.07) is 10.7. The summed E-state index contributed by atoms with van der Waals surface area (Å²) in [5.74, 6) is -0.345. The van der Waals surface area contributed by atoms with Crippen molar-refractivity contribution in [3.05, 3.63) is 68.5 Å². The molecule has 0 aliphatic carbocycles. The number of ether oxygens (including phenoxy) is 2. The number of esters is 1. The molecule has 0 bridgehead atoms. The van der Waals surface area contributed by atoms with E-state index in [2.05, 4.69) is 5.32 Å². The number of benzene rings is 2. The van der Waals surface area contributed by atoms with E-state index in [1.54, 1.807) is 38.1 Å². The van der Waals surface area contributed by atoms with Crippen LogP contribution in [0.5, 0.6) is 5.75 Å². The molecule has 8 heteroatoms. The van der Waals surface area contributed by atoms with Crippen molar-refractivity contribution in [3.63, 3.8) is 0 Å². The Morgan fingerprint density at radius 2 is 1.72 bits per heavy atom. The molecule has 3 rings (SSSR count). The van der Waals surface area contributed by atoms with E-state index in [0.717, 1.165) is 16.7 Å².